The fraction of sp³-hybridized carbons (Fsp3) is 0.348. The van der Waals surface area contributed by atoms with Gasteiger partial charge in [-0.3, -0.25) is 9.55 Å². The van der Waals surface area contributed by atoms with E-state index in [0.29, 0.717) is 11.4 Å². The molecule has 0 bridgehead atoms. The molecular formula is C46H52N3OPt-. The number of phenolic OH excluding ortho intramolecular Hbond substituents is 1. The third-order valence-corrected chi connectivity index (χ3v) is 9.62. The zero-order valence-corrected chi connectivity index (χ0v) is 34.5. The number of benzene rings is 4. The van der Waals surface area contributed by atoms with Gasteiger partial charge in [-0.1, -0.05) is 137 Å². The number of fused-ring (bicyclic) bond motifs is 1. The molecule has 0 aliphatic heterocycles. The van der Waals surface area contributed by atoms with Gasteiger partial charge in [0.05, 0.1) is 16.6 Å². The largest absolute Gasteiger partial charge is 0.507 e. The molecule has 0 unspecified atom stereocenters. The summed E-state index contributed by atoms with van der Waals surface area (Å²) in [6, 6.07) is 33.2. The van der Waals surface area contributed by atoms with Gasteiger partial charge in [-0.05, 0) is 69.2 Å². The maximum atomic E-state index is 11.3. The second kappa shape index (κ2) is 13.5. The van der Waals surface area contributed by atoms with Gasteiger partial charge in [-0.15, -0.1) is 28.8 Å². The smallest absolute Gasteiger partial charge is 0.148 e. The molecule has 0 aliphatic carbocycles. The summed E-state index contributed by atoms with van der Waals surface area (Å²) >= 11 is 0. The predicted molar refractivity (Wildman–Crippen MR) is 210 cm³/mol. The molecule has 0 fully saturated rings. The van der Waals surface area contributed by atoms with E-state index >= 15 is 0 Å². The minimum absolute atomic E-state index is 0. The molecule has 0 atom stereocenters. The van der Waals surface area contributed by atoms with Crippen molar-refractivity contribution in [1.82, 2.24) is 14.5 Å². The summed E-state index contributed by atoms with van der Waals surface area (Å²) in [5.41, 5.74) is 12.0. The Morgan fingerprint density at radius 2 is 1.16 bits per heavy atom. The van der Waals surface area contributed by atoms with Crippen molar-refractivity contribution in [2.45, 2.75) is 105 Å². The first-order chi connectivity index (χ1) is 23.2. The molecule has 0 aliphatic rings. The standard InChI is InChI=1S/C46H52N3O.Pt/c1-43(2,3)29-24-30(44(4,5)6)26-31(25-29)49-39-21-17-19-32(41(39)48-42(49)33-18-13-14-22-40(33)50)34-27-35(38-20-15-16-23-47-38)37(46(10,11)12)28-36(34)45(7,8)9;/h13-26,28,50H,1-12H3;/q-1;. The van der Waals surface area contributed by atoms with Gasteiger partial charge < -0.3 is 5.11 Å². The monoisotopic (exact) mass is 857 g/mol. The second-order valence-electron chi connectivity index (χ2n) is 17.8. The Morgan fingerprint density at radius 3 is 1.71 bits per heavy atom. The number of phenols is 1. The summed E-state index contributed by atoms with van der Waals surface area (Å²) in [5.74, 6) is 0.896. The van der Waals surface area contributed by atoms with Gasteiger partial charge in [0.15, 0.2) is 0 Å². The Hall–Kier alpha value is -4.01. The van der Waals surface area contributed by atoms with Crippen molar-refractivity contribution in [2.24, 2.45) is 0 Å². The number of aromatic hydroxyl groups is 1. The van der Waals surface area contributed by atoms with Crippen molar-refractivity contribution in [2.75, 3.05) is 0 Å². The van der Waals surface area contributed by atoms with Crippen molar-refractivity contribution >= 4 is 11.0 Å². The maximum absolute atomic E-state index is 11.3. The van der Waals surface area contributed by atoms with Crippen LogP contribution in [0.3, 0.4) is 0 Å². The van der Waals surface area contributed by atoms with E-state index in [2.05, 4.69) is 142 Å². The van der Waals surface area contributed by atoms with Crippen LogP contribution in [0, 0.1) is 6.07 Å². The third kappa shape index (κ3) is 7.49. The average molecular weight is 858 g/mol. The van der Waals surface area contributed by atoms with Crippen molar-refractivity contribution < 1.29 is 26.2 Å². The van der Waals surface area contributed by atoms with Crippen LogP contribution in [-0.4, -0.2) is 19.6 Å². The molecule has 6 aromatic rings. The summed E-state index contributed by atoms with van der Waals surface area (Å²) in [7, 11) is 0. The van der Waals surface area contributed by atoms with Crippen LogP contribution in [0.4, 0.5) is 0 Å². The molecule has 0 radical (unpaired) electrons. The molecule has 0 spiro atoms. The van der Waals surface area contributed by atoms with Gasteiger partial charge in [0.2, 0.25) is 0 Å². The first-order valence-electron chi connectivity index (χ1n) is 17.7. The Kier molecular flexibility index (Phi) is 10.1. The molecule has 5 heteroatoms. The zero-order valence-electron chi connectivity index (χ0n) is 32.3. The molecule has 0 saturated carbocycles. The van der Waals surface area contributed by atoms with Crippen LogP contribution in [0.5, 0.6) is 5.75 Å². The fourth-order valence-electron chi connectivity index (χ4n) is 6.67. The maximum Gasteiger partial charge on any atom is 0.148 e. The number of imidazole rings is 1. The Labute approximate surface area is 319 Å². The molecule has 4 nitrogen and oxygen atoms in total. The minimum atomic E-state index is -0.178. The van der Waals surface area contributed by atoms with Crippen LogP contribution in [0.1, 0.15) is 105 Å². The van der Waals surface area contributed by atoms with E-state index in [4.69, 9.17) is 9.97 Å². The Morgan fingerprint density at radius 1 is 0.588 bits per heavy atom. The number of para-hydroxylation sites is 2. The quantitative estimate of drug-likeness (QED) is 0.180. The molecule has 0 amide bonds. The fourth-order valence-corrected chi connectivity index (χ4v) is 6.67. The summed E-state index contributed by atoms with van der Waals surface area (Å²) < 4.78 is 2.23. The van der Waals surface area contributed by atoms with E-state index in [1.165, 1.54) is 22.3 Å². The molecule has 1 N–H and O–H groups in total. The first-order valence-corrected chi connectivity index (χ1v) is 17.7. The normalized spacial score (nSPS) is 12.6. The molecule has 51 heavy (non-hydrogen) atoms. The van der Waals surface area contributed by atoms with Crippen LogP contribution in [0.15, 0.2) is 91.1 Å². The summed E-state index contributed by atoms with van der Waals surface area (Å²) in [6.45, 7) is 27.1. The van der Waals surface area contributed by atoms with Gasteiger partial charge >= 0.3 is 0 Å². The molecule has 2 aromatic heterocycles. The topological polar surface area (TPSA) is 50.9 Å². The number of hydrogen-bond acceptors (Lipinski definition) is 3. The van der Waals surface area contributed by atoms with Gasteiger partial charge in [0, 0.05) is 38.6 Å². The summed E-state index contributed by atoms with van der Waals surface area (Å²) in [6.07, 6.45) is 1.85. The first kappa shape index (κ1) is 38.2. The average Bonchev–Trinajstić information content (AvgIpc) is 3.42. The zero-order chi connectivity index (χ0) is 36.4. The third-order valence-electron chi connectivity index (χ3n) is 9.62. The number of hydrogen-bond donors (Lipinski definition) is 1. The molecular weight excluding hydrogens is 806 g/mol. The molecule has 6 rings (SSSR count). The SMILES string of the molecule is CC(C)(C)c1cc(-n2c(-c3ccccc3O)nc3c(-c4[c-]c(-c5ccccn5)c(C(C)(C)C)cc4C(C)(C)C)cccc32)cc(C(C)(C)C)c1.[Pt]. The summed E-state index contributed by atoms with van der Waals surface area (Å²) in [5, 5.41) is 11.3. The number of pyridine rings is 1. The van der Waals surface area contributed by atoms with Gasteiger partial charge in [-0.25, -0.2) is 4.98 Å². The number of aromatic nitrogens is 3. The van der Waals surface area contributed by atoms with Crippen LogP contribution < -0.4 is 0 Å². The van der Waals surface area contributed by atoms with Crippen LogP contribution >= 0.6 is 0 Å². The molecule has 268 valence electrons. The minimum Gasteiger partial charge on any atom is -0.507 e. The predicted octanol–water partition coefficient (Wildman–Crippen LogP) is 12.1. The van der Waals surface area contributed by atoms with Crippen molar-refractivity contribution in [3.8, 4) is 45.2 Å². The van der Waals surface area contributed by atoms with Crippen molar-refractivity contribution in [3.63, 3.8) is 0 Å². The van der Waals surface area contributed by atoms with E-state index in [1.807, 2.05) is 36.5 Å². The van der Waals surface area contributed by atoms with E-state index in [0.717, 1.165) is 39.1 Å². The summed E-state index contributed by atoms with van der Waals surface area (Å²) in [4.78, 5) is 10.2. The van der Waals surface area contributed by atoms with Gasteiger partial charge in [0.1, 0.15) is 11.6 Å². The van der Waals surface area contributed by atoms with E-state index < -0.39 is 0 Å². The molecule has 0 saturated heterocycles. The number of nitrogens with zero attached hydrogens (tertiary/aromatic N) is 3. The van der Waals surface area contributed by atoms with Crippen molar-refractivity contribution in [1.29, 1.82) is 0 Å². The van der Waals surface area contributed by atoms with E-state index in [-0.39, 0.29) is 48.5 Å². The molecule has 4 aromatic carbocycles. The van der Waals surface area contributed by atoms with Crippen LogP contribution in [-0.2, 0) is 42.7 Å². The van der Waals surface area contributed by atoms with Crippen molar-refractivity contribution in [3.05, 3.63) is 119 Å². The van der Waals surface area contributed by atoms with Gasteiger partial charge in [-0.2, -0.15) is 0 Å². The van der Waals surface area contributed by atoms with Crippen LogP contribution in [0.2, 0.25) is 0 Å². The van der Waals surface area contributed by atoms with Gasteiger partial charge in [0.25, 0.3) is 0 Å². The molecule has 2 heterocycles. The second-order valence-corrected chi connectivity index (χ2v) is 17.8. The number of rotatable bonds is 4. The Balaban J connectivity index is 0.00000504. The Bertz CT molecular complexity index is 2170. The van der Waals surface area contributed by atoms with E-state index in [1.54, 1.807) is 6.07 Å². The van der Waals surface area contributed by atoms with E-state index in [9.17, 15) is 5.11 Å². The van der Waals surface area contributed by atoms with Crippen LogP contribution in [0.25, 0.3) is 50.5 Å².